The van der Waals surface area contributed by atoms with E-state index in [0.29, 0.717) is 17.8 Å². The Labute approximate surface area is 109 Å². The van der Waals surface area contributed by atoms with Gasteiger partial charge in [0.25, 0.3) is 0 Å². The van der Waals surface area contributed by atoms with Crippen molar-refractivity contribution in [2.75, 3.05) is 32.5 Å². The first-order valence-electron chi connectivity index (χ1n) is 6.36. The fourth-order valence-electron chi connectivity index (χ4n) is 1.87. The van der Waals surface area contributed by atoms with Crippen molar-refractivity contribution in [3.8, 4) is 5.75 Å². The van der Waals surface area contributed by atoms with E-state index in [9.17, 15) is 0 Å². The Morgan fingerprint density at radius 3 is 2.56 bits per heavy atom. The number of benzene rings is 1. The van der Waals surface area contributed by atoms with E-state index in [4.69, 9.17) is 15.9 Å². The summed E-state index contributed by atoms with van der Waals surface area (Å²) in [6.07, 6.45) is 0.707. The smallest absolute Gasteiger partial charge is 0.119 e. The lowest BCUT2D eigenvalue weighted by Crippen LogP contribution is -2.26. The molecule has 0 spiro atoms. The number of nitrogen functional groups attached to an aromatic ring is 1. The average Bonchev–Trinajstić information content (AvgIpc) is 2.40. The van der Waals surface area contributed by atoms with E-state index in [2.05, 4.69) is 18.7 Å². The van der Waals surface area contributed by atoms with Crippen LogP contribution in [-0.4, -0.2) is 37.4 Å². The molecule has 0 atom stereocenters. The molecule has 0 aliphatic heterocycles. The van der Waals surface area contributed by atoms with Gasteiger partial charge in [-0.05, 0) is 31.3 Å². The molecule has 100 valence electrons. The van der Waals surface area contributed by atoms with Gasteiger partial charge in [-0.15, -0.1) is 0 Å². The molecule has 1 rings (SSSR count). The SMILES string of the molecule is CCN(CC)CCC(=N)c1cc(OC)ccc1N. The summed E-state index contributed by atoms with van der Waals surface area (Å²) >= 11 is 0. The molecule has 18 heavy (non-hydrogen) atoms. The fraction of sp³-hybridized carbons (Fsp3) is 0.500. The van der Waals surface area contributed by atoms with Crippen molar-refractivity contribution in [3.05, 3.63) is 23.8 Å². The van der Waals surface area contributed by atoms with Crippen molar-refractivity contribution in [3.63, 3.8) is 0 Å². The number of nitrogens with zero attached hydrogens (tertiary/aromatic N) is 1. The number of hydrogen-bond donors (Lipinski definition) is 2. The van der Waals surface area contributed by atoms with Gasteiger partial charge in [0.05, 0.1) is 7.11 Å². The lowest BCUT2D eigenvalue weighted by Gasteiger charge is -2.18. The highest BCUT2D eigenvalue weighted by atomic mass is 16.5. The third kappa shape index (κ3) is 3.74. The third-order valence-electron chi connectivity index (χ3n) is 3.16. The summed E-state index contributed by atoms with van der Waals surface area (Å²) < 4.78 is 5.17. The second kappa shape index (κ2) is 7.01. The molecule has 0 bridgehead atoms. The normalized spacial score (nSPS) is 10.7. The molecule has 0 aliphatic carbocycles. The molecule has 1 aromatic rings. The first-order chi connectivity index (χ1) is 8.62. The van der Waals surface area contributed by atoms with E-state index in [1.807, 2.05) is 12.1 Å². The lowest BCUT2D eigenvalue weighted by molar-refractivity contribution is 0.313. The van der Waals surface area contributed by atoms with E-state index in [1.165, 1.54) is 0 Å². The standard InChI is InChI=1S/C14H23N3O/c1-4-17(5-2)9-8-14(16)12-10-11(18-3)6-7-13(12)15/h6-7,10,16H,4-5,8-9,15H2,1-3H3. The van der Waals surface area contributed by atoms with Gasteiger partial charge in [0, 0.05) is 29.9 Å². The number of nitrogens with one attached hydrogen (secondary N) is 1. The van der Waals surface area contributed by atoms with Crippen molar-refractivity contribution in [2.24, 2.45) is 0 Å². The maximum absolute atomic E-state index is 8.12. The summed E-state index contributed by atoms with van der Waals surface area (Å²) in [6.45, 7) is 7.18. The molecule has 0 radical (unpaired) electrons. The predicted octanol–water partition coefficient (Wildman–Crippen LogP) is 2.38. The molecule has 0 aromatic heterocycles. The van der Waals surface area contributed by atoms with Gasteiger partial charge in [-0.1, -0.05) is 13.8 Å². The molecule has 0 saturated heterocycles. The Morgan fingerprint density at radius 2 is 2.00 bits per heavy atom. The number of ether oxygens (including phenoxy) is 1. The second-order valence-electron chi connectivity index (χ2n) is 4.21. The van der Waals surface area contributed by atoms with Crippen LogP contribution < -0.4 is 10.5 Å². The highest BCUT2D eigenvalue weighted by molar-refractivity contribution is 6.03. The summed E-state index contributed by atoms with van der Waals surface area (Å²) in [5.74, 6) is 0.742. The number of anilines is 1. The second-order valence-corrected chi connectivity index (χ2v) is 4.21. The van der Waals surface area contributed by atoms with E-state index in [1.54, 1.807) is 13.2 Å². The Kier molecular flexibility index (Phi) is 5.65. The van der Waals surface area contributed by atoms with Crippen LogP contribution >= 0.6 is 0 Å². The highest BCUT2D eigenvalue weighted by Crippen LogP contribution is 2.20. The van der Waals surface area contributed by atoms with Crippen LogP contribution in [0.3, 0.4) is 0 Å². The van der Waals surface area contributed by atoms with Crippen LogP contribution in [-0.2, 0) is 0 Å². The van der Waals surface area contributed by atoms with Crippen molar-refractivity contribution >= 4 is 11.4 Å². The van der Waals surface area contributed by atoms with E-state index < -0.39 is 0 Å². The molecule has 0 saturated carbocycles. The van der Waals surface area contributed by atoms with Crippen LogP contribution in [0.15, 0.2) is 18.2 Å². The van der Waals surface area contributed by atoms with Gasteiger partial charge in [0.15, 0.2) is 0 Å². The third-order valence-corrected chi connectivity index (χ3v) is 3.16. The zero-order valence-corrected chi connectivity index (χ0v) is 11.5. The largest absolute Gasteiger partial charge is 0.497 e. The zero-order valence-electron chi connectivity index (χ0n) is 11.5. The molecular formula is C14H23N3O. The zero-order chi connectivity index (χ0) is 13.5. The number of methoxy groups -OCH3 is 1. The van der Waals surface area contributed by atoms with Gasteiger partial charge in [-0.2, -0.15) is 0 Å². The summed E-state index contributed by atoms with van der Waals surface area (Å²) in [7, 11) is 1.62. The fourth-order valence-corrected chi connectivity index (χ4v) is 1.87. The summed E-state index contributed by atoms with van der Waals surface area (Å²) in [5.41, 5.74) is 7.89. The van der Waals surface area contributed by atoms with Gasteiger partial charge in [0.1, 0.15) is 5.75 Å². The van der Waals surface area contributed by atoms with Gasteiger partial charge >= 0.3 is 0 Å². The van der Waals surface area contributed by atoms with Gasteiger partial charge < -0.3 is 20.8 Å². The molecule has 4 nitrogen and oxygen atoms in total. The predicted molar refractivity (Wildman–Crippen MR) is 76.6 cm³/mol. The van der Waals surface area contributed by atoms with Crippen molar-refractivity contribution in [1.29, 1.82) is 5.41 Å². The van der Waals surface area contributed by atoms with Crippen LogP contribution in [0.5, 0.6) is 5.75 Å². The van der Waals surface area contributed by atoms with Crippen LogP contribution in [0, 0.1) is 5.41 Å². The summed E-state index contributed by atoms with van der Waals surface area (Å²) in [4.78, 5) is 2.30. The first-order valence-corrected chi connectivity index (χ1v) is 6.36. The summed E-state index contributed by atoms with van der Waals surface area (Å²) in [5, 5.41) is 8.12. The maximum Gasteiger partial charge on any atom is 0.119 e. The molecular weight excluding hydrogens is 226 g/mol. The van der Waals surface area contributed by atoms with E-state index >= 15 is 0 Å². The minimum Gasteiger partial charge on any atom is -0.497 e. The lowest BCUT2D eigenvalue weighted by atomic mass is 10.0. The molecule has 0 amide bonds. The Balaban J connectivity index is 2.71. The van der Waals surface area contributed by atoms with Crippen LogP contribution in [0.2, 0.25) is 0 Å². The Bertz CT molecular complexity index is 400. The van der Waals surface area contributed by atoms with E-state index in [-0.39, 0.29) is 0 Å². The minimum atomic E-state index is 0.568. The number of hydrogen-bond acceptors (Lipinski definition) is 4. The van der Waals surface area contributed by atoms with Crippen LogP contribution in [0.1, 0.15) is 25.8 Å². The van der Waals surface area contributed by atoms with Crippen LogP contribution in [0.25, 0.3) is 0 Å². The average molecular weight is 249 g/mol. The van der Waals surface area contributed by atoms with Crippen LogP contribution in [0.4, 0.5) is 5.69 Å². The molecule has 0 heterocycles. The Morgan fingerprint density at radius 1 is 1.33 bits per heavy atom. The first kappa shape index (κ1) is 14.5. The monoisotopic (exact) mass is 249 g/mol. The molecule has 0 aliphatic rings. The molecule has 4 heteroatoms. The van der Waals surface area contributed by atoms with Gasteiger partial charge in [-0.3, -0.25) is 0 Å². The highest BCUT2D eigenvalue weighted by Gasteiger charge is 2.09. The van der Waals surface area contributed by atoms with Crippen molar-refractivity contribution < 1.29 is 4.74 Å². The van der Waals surface area contributed by atoms with Gasteiger partial charge in [0.2, 0.25) is 0 Å². The topological polar surface area (TPSA) is 62.3 Å². The molecule has 3 N–H and O–H groups in total. The maximum atomic E-state index is 8.12. The molecule has 1 aromatic carbocycles. The number of rotatable bonds is 7. The van der Waals surface area contributed by atoms with Crippen molar-refractivity contribution in [1.82, 2.24) is 4.90 Å². The molecule has 0 unspecified atom stereocenters. The summed E-state index contributed by atoms with van der Waals surface area (Å²) in [6, 6.07) is 5.44. The van der Waals surface area contributed by atoms with E-state index in [0.717, 1.165) is 30.9 Å². The Hall–Kier alpha value is -1.55. The van der Waals surface area contributed by atoms with Crippen molar-refractivity contribution in [2.45, 2.75) is 20.3 Å². The number of nitrogens with two attached hydrogens (primary N) is 1. The molecule has 0 fully saturated rings. The van der Waals surface area contributed by atoms with Gasteiger partial charge in [-0.25, -0.2) is 0 Å². The quantitative estimate of drug-likeness (QED) is 0.576. The minimum absolute atomic E-state index is 0.568.